The molecule has 0 heterocycles. The van der Waals surface area contributed by atoms with E-state index in [-0.39, 0.29) is 5.91 Å². The summed E-state index contributed by atoms with van der Waals surface area (Å²) in [5, 5.41) is 2.89. The van der Waals surface area contributed by atoms with Gasteiger partial charge in [-0.05, 0) is 18.6 Å². The Morgan fingerprint density at radius 1 is 1.62 bits per heavy atom. The van der Waals surface area contributed by atoms with E-state index in [1.807, 2.05) is 6.26 Å². The van der Waals surface area contributed by atoms with Crippen molar-refractivity contribution in [3.05, 3.63) is 0 Å². The van der Waals surface area contributed by atoms with Gasteiger partial charge in [-0.3, -0.25) is 4.79 Å². The van der Waals surface area contributed by atoms with Crippen molar-refractivity contribution in [2.45, 2.75) is 19.8 Å². The van der Waals surface area contributed by atoms with Crippen molar-refractivity contribution in [3.8, 4) is 0 Å². The second kappa shape index (κ2) is 8.70. The standard InChI is InChI=1S/C9H18ClNOS/c1-8(3-5-10)7-11-9(12)4-6-13-2/h8H,3-7H2,1-2H3,(H,11,12). The summed E-state index contributed by atoms with van der Waals surface area (Å²) >= 11 is 7.27. The van der Waals surface area contributed by atoms with Gasteiger partial charge in [-0.1, -0.05) is 6.92 Å². The predicted octanol–water partition coefficient (Wildman–Crippen LogP) is 2.12. The molecule has 0 radical (unpaired) electrons. The second-order valence-corrected chi connectivity index (χ2v) is 4.49. The Bertz CT molecular complexity index is 144. The lowest BCUT2D eigenvalue weighted by atomic mass is 10.1. The molecule has 0 saturated heterocycles. The number of nitrogens with one attached hydrogen (secondary N) is 1. The van der Waals surface area contributed by atoms with Crippen LogP contribution in [0.1, 0.15) is 19.8 Å². The summed E-state index contributed by atoms with van der Waals surface area (Å²) in [6.07, 6.45) is 3.59. The molecule has 4 heteroatoms. The van der Waals surface area contributed by atoms with E-state index < -0.39 is 0 Å². The number of rotatable bonds is 7. The molecule has 1 amide bonds. The highest BCUT2D eigenvalue weighted by Crippen LogP contribution is 2.01. The third-order valence-electron chi connectivity index (χ3n) is 1.78. The largest absolute Gasteiger partial charge is 0.356 e. The van der Waals surface area contributed by atoms with E-state index in [4.69, 9.17) is 11.6 Å². The molecule has 0 saturated carbocycles. The van der Waals surface area contributed by atoms with Crippen LogP contribution < -0.4 is 5.32 Å². The lowest BCUT2D eigenvalue weighted by molar-refractivity contribution is -0.120. The van der Waals surface area contributed by atoms with Crippen LogP contribution in [0.3, 0.4) is 0 Å². The number of alkyl halides is 1. The van der Waals surface area contributed by atoms with Crippen LogP contribution in [0.4, 0.5) is 0 Å². The fourth-order valence-electron chi connectivity index (χ4n) is 0.860. The van der Waals surface area contributed by atoms with Gasteiger partial charge in [-0.25, -0.2) is 0 Å². The molecule has 0 aliphatic rings. The van der Waals surface area contributed by atoms with Crippen LogP contribution in [0, 0.1) is 5.92 Å². The highest BCUT2D eigenvalue weighted by atomic mass is 35.5. The third kappa shape index (κ3) is 8.44. The highest BCUT2D eigenvalue weighted by molar-refractivity contribution is 7.98. The summed E-state index contributed by atoms with van der Waals surface area (Å²) in [5.41, 5.74) is 0. The van der Waals surface area contributed by atoms with Crippen LogP contribution in [0.5, 0.6) is 0 Å². The molecule has 0 aromatic heterocycles. The molecule has 0 aromatic carbocycles. The minimum Gasteiger partial charge on any atom is -0.356 e. The van der Waals surface area contributed by atoms with Crippen LogP contribution in [0.2, 0.25) is 0 Å². The first-order chi connectivity index (χ1) is 6.20. The Balaban J connectivity index is 3.34. The number of hydrogen-bond acceptors (Lipinski definition) is 2. The lowest BCUT2D eigenvalue weighted by Crippen LogP contribution is -2.28. The molecule has 0 aromatic rings. The summed E-state index contributed by atoms with van der Waals surface area (Å²) in [6.45, 7) is 2.84. The van der Waals surface area contributed by atoms with Gasteiger partial charge in [-0.2, -0.15) is 11.8 Å². The highest BCUT2D eigenvalue weighted by Gasteiger charge is 2.04. The topological polar surface area (TPSA) is 29.1 Å². The Morgan fingerprint density at radius 2 is 2.31 bits per heavy atom. The van der Waals surface area contributed by atoms with Gasteiger partial charge >= 0.3 is 0 Å². The van der Waals surface area contributed by atoms with E-state index in [1.54, 1.807) is 11.8 Å². The van der Waals surface area contributed by atoms with Crippen molar-refractivity contribution in [2.75, 3.05) is 24.4 Å². The number of carbonyl (C=O) groups excluding carboxylic acids is 1. The summed E-state index contributed by atoms with van der Waals surface area (Å²) < 4.78 is 0. The molecule has 0 aliphatic heterocycles. The van der Waals surface area contributed by atoms with Gasteiger partial charge in [0.1, 0.15) is 0 Å². The van der Waals surface area contributed by atoms with E-state index in [2.05, 4.69) is 12.2 Å². The quantitative estimate of drug-likeness (QED) is 0.670. The zero-order chi connectivity index (χ0) is 10.1. The van der Waals surface area contributed by atoms with Crippen molar-refractivity contribution < 1.29 is 4.79 Å². The molecule has 13 heavy (non-hydrogen) atoms. The smallest absolute Gasteiger partial charge is 0.220 e. The van der Waals surface area contributed by atoms with Crippen LogP contribution >= 0.6 is 23.4 Å². The zero-order valence-corrected chi connectivity index (χ0v) is 9.88. The summed E-state index contributed by atoms with van der Waals surface area (Å²) in [7, 11) is 0. The van der Waals surface area contributed by atoms with E-state index in [1.165, 1.54) is 0 Å². The molecule has 0 rings (SSSR count). The van der Waals surface area contributed by atoms with E-state index in [0.717, 1.165) is 18.7 Å². The molecule has 1 atom stereocenters. The van der Waals surface area contributed by atoms with E-state index in [0.29, 0.717) is 18.2 Å². The monoisotopic (exact) mass is 223 g/mol. The molecule has 0 spiro atoms. The summed E-state index contributed by atoms with van der Waals surface area (Å²) in [4.78, 5) is 11.2. The number of amides is 1. The average Bonchev–Trinajstić information content (AvgIpc) is 2.12. The van der Waals surface area contributed by atoms with Gasteiger partial charge in [-0.15, -0.1) is 11.6 Å². The van der Waals surface area contributed by atoms with Gasteiger partial charge in [0, 0.05) is 24.6 Å². The average molecular weight is 224 g/mol. The maximum Gasteiger partial charge on any atom is 0.220 e. The molecule has 1 N–H and O–H groups in total. The first kappa shape index (κ1) is 13.1. The normalized spacial score (nSPS) is 12.5. The Morgan fingerprint density at radius 3 is 2.85 bits per heavy atom. The van der Waals surface area contributed by atoms with Crippen LogP contribution in [-0.2, 0) is 4.79 Å². The minimum atomic E-state index is 0.149. The second-order valence-electron chi connectivity index (χ2n) is 3.13. The SMILES string of the molecule is CSCCC(=O)NCC(C)CCCl. The minimum absolute atomic E-state index is 0.149. The number of halogens is 1. The molecular formula is C9H18ClNOS. The van der Waals surface area contributed by atoms with E-state index in [9.17, 15) is 4.79 Å². The van der Waals surface area contributed by atoms with Crippen molar-refractivity contribution in [2.24, 2.45) is 5.92 Å². The van der Waals surface area contributed by atoms with Gasteiger partial charge in [0.15, 0.2) is 0 Å². The number of hydrogen-bond donors (Lipinski definition) is 1. The van der Waals surface area contributed by atoms with Gasteiger partial charge < -0.3 is 5.32 Å². The lowest BCUT2D eigenvalue weighted by Gasteiger charge is -2.10. The predicted molar refractivity (Wildman–Crippen MR) is 60.5 cm³/mol. The molecule has 0 aliphatic carbocycles. The molecule has 1 unspecified atom stereocenters. The van der Waals surface area contributed by atoms with Crippen LogP contribution in [0.25, 0.3) is 0 Å². The maximum absolute atomic E-state index is 11.2. The molecular weight excluding hydrogens is 206 g/mol. The molecule has 2 nitrogen and oxygen atoms in total. The van der Waals surface area contributed by atoms with E-state index >= 15 is 0 Å². The van der Waals surface area contributed by atoms with Crippen molar-refractivity contribution >= 4 is 29.3 Å². The fraction of sp³-hybridized carbons (Fsp3) is 0.889. The van der Waals surface area contributed by atoms with Crippen LogP contribution in [0.15, 0.2) is 0 Å². The summed E-state index contributed by atoms with van der Waals surface area (Å²) in [5.74, 6) is 2.20. The first-order valence-corrected chi connectivity index (χ1v) is 6.45. The van der Waals surface area contributed by atoms with Crippen molar-refractivity contribution in [1.82, 2.24) is 5.32 Å². The summed E-state index contributed by atoms with van der Waals surface area (Å²) in [6, 6.07) is 0. The van der Waals surface area contributed by atoms with Crippen molar-refractivity contribution in [1.29, 1.82) is 0 Å². The van der Waals surface area contributed by atoms with Gasteiger partial charge in [0.25, 0.3) is 0 Å². The molecule has 0 fully saturated rings. The molecule has 78 valence electrons. The zero-order valence-electron chi connectivity index (χ0n) is 8.31. The van der Waals surface area contributed by atoms with Gasteiger partial charge in [0.2, 0.25) is 5.91 Å². The number of thioether (sulfide) groups is 1. The Hall–Kier alpha value is 0.110. The van der Waals surface area contributed by atoms with Crippen molar-refractivity contribution in [3.63, 3.8) is 0 Å². The van der Waals surface area contributed by atoms with Crippen LogP contribution in [-0.4, -0.2) is 30.3 Å². The molecule has 0 bridgehead atoms. The maximum atomic E-state index is 11.2. The first-order valence-electron chi connectivity index (χ1n) is 4.52. The third-order valence-corrected chi connectivity index (χ3v) is 2.61. The van der Waals surface area contributed by atoms with Gasteiger partial charge in [0.05, 0.1) is 0 Å². The Kier molecular flexibility index (Phi) is 8.77. The fourth-order valence-corrected chi connectivity index (χ4v) is 1.62. The Labute approximate surface area is 89.8 Å². The number of carbonyl (C=O) groups is 1.